The van der Waals surface area contributed by atoms with Crippen LogP contribution in [0.2, 0.25) is 0 Å². The number of quaternary nitrogens is 2. The summed E-state index contributed by atoms with van der Waals surface area (Å²) in [6.45, 7) is 5.77. The molecule has 0 atom stereocenters. The third kappa shape index (κ3) is 3.25. The Bertz CT molecular complexity index is 383. The number of non-ortho nitro benzene ring substituents is 1. The molecule has 0 spiro atoms. The highest BCUT2D eigenvalue weighted by Gasteiger charge is 2.19. The van der Waals surface area contributed by atoms with Gasteiger partial charge >= 0.3 is 0 Å². The summed E-state index contributed by atoms with van der Waals surface area (Å²) in [5.74, 6) is 0. The second-order valence-corrected chi connectivity index (χ2v) is 4.81. The van der Waals surface area contributed by atoms with Crippen LogP contribution in [0.3, 0.4) is 0 Å². The van der Waals surface area contributed by atoms with E-state index in [1.165, 1.54) is 31.7 Å². The predicted molar refractivity (Wildman–Crippen MR) is 64.1 cm³/mol. The summed E-state index contributed by atoms with van der Waals surface area (Å²) in [5, 5.41) is 10.5. The SMILES string of the molecule is C[NH+]1CC[NH+](Cc2ccc([N+](=O)[O-])cc2)CC1. The standard InChI is InChI=1S/C12H17N3O2/c1-13-6-8-14(9-7-13)10-11-2-4-12(5-3-11)15(16)17/h2-5H,6-10H2,1H3/p+2. The van der Waals surface area contributed by atoms with Gasteiger partial charge in [0.1, 0.15) is 32.7 Å². The minimum Gasteiger partial charge on any atom is -0.328 e. The number of nitro benzene ring substituents is 1. The van der Waals surface area contributed by atoms with Gasteiger partial charge in [0.15, 0.2) is 0 Å². The summed E-state index contributed by atoms with van der Waals surface area (Å²) in [5.41, 5.74) is 1.36. The smallest absolute Gasteiger partial charge is 0.269 e. The zero-order chi connectivity index (χ0) is 12.3. The molecule has 0 radical (unpaired) electrons. The molecule has 5 heteroatoms. The van der Waals surface area contributed by atoms with Crippen LogP contribution >= 0.6 is 0 Å². The van der Waals surface area contributed by atoms with Gasteiger partial charge in [0.2, 0.25) is 0 Å². The fourth-order valence-corrected chi connectivity index (χ4v) is 2.23. The highest BCUT2D eigenvalue weighted by molar-refractivity contribution is 5.32. The number of benzene rings is 1. The van der Waals surface area contributed by atoms with Gasteiger partial charge in [-0.2, -0.15) is 0 Å². The summed E-state index contributed by atoms with van der Waals surface area (Å²) in [4.78, 5) is 13.4. The highest BCUT2D eigenvalue weighted by Crippen LogP contribution is 2.10. The van der Waals surface area contributed by atoms with E-state index in [-0.39, 0.29) is 10.6 Å². The Morgan fingerprint density at radius 3 is 2.29 bits per heavy atom. The zero-order valence-corrected chi connectivity index (χ0v) is 10.1. The van der Waals surface area contributed by atoms with Crippen LogP contribution in [0.4, 0.5) is 5.69 Å². The fraction of sp³-hybridized carbons (Fsp3) is 0.500. The zero-order valence-electron chi connectivity index (χ0n) is 10.1. The van der Waals surface area contributed by atoms with Crippen molar-refractivity contribution in [3.8, 4) is 0 Å². The fourth-order valence-electron chi connectivity index (χ4n) is 2.23. The van der Waals surface area contributed by atoms with Crippen LogP contribution in [-0.4, -0.2) is 38.2 Å². The van der Waals surface area contributed by atoms with Gasteiger partial charge in [-0.05, 0) is 12.1 Å². The predicted octanol–water partition coefficient (Wildman–Crippen LogP) is -1.49. The molecule has 0 bridgehead atoms. The van der Waals surface area contributed by atoms with E-state index in [1.807, 2.05) is 12.1 Å². The van der Waals surface area contributed by atoms with E-state index >= 15 is 0 Å². The van der Waals surface area contributed by atoms with E-state index in [2.05, 4.69) is 7.05 Å². The molecule has 2 rings (SSSR count). The molecule has 17 heavy (non-hydrogen) atoms. The monoisotopic (exact) mass is 237 g/mol. The summed E-state index contributed by atoms with van der Waals surface area (Å²) >= 11 is 0. The van der Waals surface area contributed by atoms with Crippen LogP contribution in [0, 0.1) is 10.1 Å². The third-order valence-corrected chi connectivity index (χ3v) is 3.41. The number of likely N-dealkylation sites (N-methyl/N-ethyl adjacent to an activating group) is 1. The number of nitrogens with one attached hydrogen (secondary N) is 2. The molecule has 1 fully saturated rings. The van der Waals surface area contributed by atoms with E-state index in [0.29, 0.717) is 0 Å². The summed E-state index contributed by atoms with van der Waals surface area (Å²) in [6.07, 6.45) is 0. The molecule has 1 saturated heterocycles. The first-order valence-corrected chi connectivity index (χ1v) is 6.03. The van der Waals surface area contributed by atoms with E-state index in [9.17, 15) is 10.1 Å². The largest absolute Gasteiger partial charge is 0.328 e. The molecule has 92 valence electrons. The molecule has 1 aliphatic rings. The van der Waals surface area contributed by atoms with Crippen molar-refractivity contribution in [2.75, 3.05) is 33.2 Å². The molecule has 0 aromatic heterocycles. The van der Waals surface area contributed by atoms with Gasteiger partial charge in [0.05, 0.1) is 12.0 Å². The summed E-state index contributed by atoms with van der Waals surface area (Å²) < 4.78 is 0. The molecule has 1 aliphatic heterocycles. The molecule has 0 saturated carbocycles. The molecule has 1 aromatic carbocycles. The molecular formula is C12H19N3O2+2. The van der Waals surface area contributed by atoms with Crippen molar-refractivity contribution in [3.05, 3.63) is 39.9 Å². The molecule has 5 nitrogen and oxygen atoms in total. The topological polar surface area (TPSA) is 52.0 Å². The first kappa shape index (κ1) is 12.0. The van der Waals surface area contributed by atoms with Crippen molar-refractivity contribution in [3.63, 3.8) is 0 Å². The minimum atomic E-state index is -0.351. The average Bonchev–Trinajstić information content (AvgIpc) is 2.33. The lowest BCUT2D eigenvalue weighted by Gasteiger charge is -2.27. The van der Waals surface area contributed by atoms with Gasteiger partial charge in [0, 0.05) is 17.7 Å². The maximum Gasteiger partial charge on any atom is 0.269 e. The molecule has 1 heterocycles. The lowest BCUT2D eigenvalue weighted by Crippen LogP contribution is -3.26. The second kappa shape index (κ2) is 5.25. The van der Waals surface area contributed by atoms with Gasteiger partial charge in [-0.3, -0.25) is 10.1 Å². The first-order valence-electron chi connectivity index (χ1n) is 6.03. The first-order chi connectivity index (χ1) is 8.15. The maximum atomic E-state index is 10.5. The Kier molecular flexibility index (Phi) is 3.71. The lowest BCUT2D eigenvalue weighted by atomic mass is 10.2. The minimum absolute atomic E-state index is 0.173. The Morgan fingerprint density at radius 2 is 1.76 bits per heavy atom. The number of piperazine rings is 1. The molecule has 0 amide bonds. The Morgan fingerprint density at radius 1 is 1.18 bits per heavy atom. The van der Waals surface area contributed by atoms with Gasteiger partial charge in [-0.15, -0.1) is 0 Å². The van der Waals surface area contributed by atoms with E-state index in [0.717, 1.165) is 6.54 Å². The molecular weight excluding hydrogens is 218 g/mol. The van der Waals surface area contributed by atoms with Gasteiger partial charge in [0.25, 0.3) is 5.69 Å². The summed E-state index contributed by atoms with van der Waals surface area (Å²) in [7, 11) is 2.22. The average molecular weight is 237 g/mol. The molecule has 0 unspecified atom stereocenters. The van der Waals surface area contributed by atoms with Crippen LogP contribution in [-0.2, 0) is 6.54 Å². The van der Waals surface area contributed by atoms with Crippen molar-refractivity contribution in [1.82, 2.24) is 0 Å². The second-order valence-electron chi connectivity index (χ2n) is 4.81. The Balaban J connectivity index is 1.92. The van der Waals surface area contributed by atoms with Crippen molar-refractivity contribution >= 4 is 5.69 Å². The molecule has 0 aliphatic carbocycles. The number of hydrogen-bond donors (Lipinski definition) is 2. The number of nitrogens with zero attached hydrogens (tertiary/aromatic N) is 1. The molecule has 1 aromatic rings. The molecule has 2 N–H and O–H groups in total. The van der Waals surface area contributed by atoms with Crippen molar-refractivity contribution in [2.45, 2.75) is 6.54 Å². The number of nitro groups is 1. The van der Waals surface area contributed by atoms with Crippen LogP contribution in [0.5, 0.6) is 0 Å². The highest BCUT2D eigenvalue weighted by atomic mass is 16.6. The summed E-state index contributed by atoms with van der Waals surface area (Å²) in [6, 6.07) is 6.93. The van der Waals surface area contributed by atoms with Crippen molar-refractivity contribution < 1.29 is 14.7 Å². The van der Waals surface area contributed by atoms with Gasteiger partial charge in [-0.1, -0.05) is 0 Å². The van der Waals surface area contributed by atoms with Crippen LogP contribution in [0.25, 0.3) is 0 Å². The van der Waals surface area contributed by atoms with Crippen LogP contribution in [0.15, 0.2) is 24.3 Å². The quantitative estimate of drug-likeness (QED) is 0.497. The Labute approximate surface area is 101 Å². The van der Waals surface area contributed by atoms with Crippen molar-refractivity contribution in [2.24, 2.45) is 0 Å². The maximum absolute atomic E-state index is 10.5. The van der Waals surface area contributed by atoms with Crippen molar-refractivity contribution in [1.29, 1.82) is 0 Å². The third-order valence-electron chi connectivity index (χ3n) is 3.41. The van der Waals surface area contributed by atoms with Gasteiger partial charge < -0.3 is 9.80 Å². The lowest BCUT2D eigenvalue weighted by molar-refractivity contribution is -1.01. The van der Waals surface area contributed by atoms with Gasteiger partial charge in [-0.25, -0.2) is 0 Å². The normalized spacial score (nSPS) is 24.5. The number of rotatable bonds is 3. The van der Waals surface area contributed by atoms with E-state index in [4.69, 9.17) is 0 Å². The van der Waals surface area contributed by atoms with E-state index < -0.39 is 0 Å². The number of hydrogen-bond acceptors (Lipinski definition) is 2. The van der Waals surface area contributed by atoms with Crippen LogP contribution in [0.1, 0.15) is 5.56 Å². The van der Waals surface area contributed by atoms with Crippen LogP contribution < -0.4 is 9.80 Å². The Hall–Kier alpha value is -1.46. The van der Waals surface area contributed by atoms with E-state index in [1.54, 1.807) is 21.9 Å².